The average Bonchev–Trinajstić information content (AvgIpc) is 2.98. The Morgan fingerprint density at radius 1 is 1.35 bits per heavy atom. The van der Waals surface area contributed by atoms with Gasteiger partial charge in [-0.3, -0.25) is 4.79 Å². The number of carbonyl (C=O) groups excluding carboxylic acids is 2. The summed E-state index contributed by atoms with van der Waals surface area (Å²) >= 11 is 0. The van der Waals surface area contributed by atoms with Gasteiger partial charge in [-0.05, 0) is 12.0 Å². The van der Waals surface area contributed by atoms with Gasteiger partial charge in [0.1, 0.15) is 6.29 Å². The molecule has 2 N–H and O–H groups in total. The molecule has 1 unspecified atom stereocenters. The predicted molar refractivity (Wildman–Crippen MR) is 75.0 cm³/mol. The Balaban J connectivity index is 1.79. The minimum absolute atomic E-state index is 0.120. The molecule has 0 bridgehead atoms. The second-order valence-electron chi connectivity index (χ2n) is 4.58. The molecule has 1 aromatic carbocycles. The van der Waals surface area contributed by atoms with Crippen LogP contribution < -0.4 is 5.32 Å². The van der Waals surface area contributed by atoms with Gasteiger partial charge in [-0.25, -0.2) is 4.98 Å². The lowest BCUT2D eigenvalue weighted by molar-refractivity contribution is -0.124. The van der Waals surface area contributed by atoms with Crippen molar-refractivity contribution in [3.8, 4) is 0 Å². The van der Waals surface area contributed by atoms with Crippen molar-refractivity contribution in [2.24, 2.45) is 0 Å². The summed E-state index contributed by atoms with van der Waals surface area (Å²) in [6.45, 7) is 0. The molecule has 0 spiro atoms. The second kappa shape index (κ2) is 7.23. The summed E-state index contributed by atoms with van der Waals surface area (Å²) < 4.78 is 0. The number of rotatable bonds is 7. The summed E-state index contributed by atoms with van der Waals surface area (Å²) in [6.07, 6.45) is 5.42. The van der Waals surface area contributed by atoms with Crippen molar-refractivity contribution < 1.29 is 9.59 Å². The van der Waals surface area contributed by atoms with Gasteiger partial charge in [0.25, 0.3) is 0 Å². The molecule has 0 aliphatic carbocycles. The van der Waals surface area contributed by atoms with E-state index in [2.05, 4.69) is 15.3 Å². The zero-order valence-electron chi connectivity index (χ0n) is 11.1. The number of hydrogen-bond acceptors (Lipinski definition) is 3. The zero-order valence-corrected chi connectivity index (χ0v) is 11.1. The van der Waals surface area contributed by atoms with Crippen LogP contribution in [0.5, 0.6) is 0 Å². The number of hydrogen-bond donors (Lipinski definition) is 2. The lowest BCUT2D eigenvalue weighted by Gasteiger charge is -2.11. The molecule has 0 saturated heterocycles. The fraction of sp³-hybridized carbons (Fsp3) is 0.267. The summed E-state index contributed by atoms with van der Waals surface area (Å²) in [5, 5.41) is 2.72. The Labute approximate surface area is 117 Å². The van der Waals surface area contributed by atoms with Crippen molar-refractivity contribution in [2.75, 3.05) is 0 Å². The number of carbonyl (C=O) groups is 2. The largest absolute Gasteiger partial charge is 0.348 e. The van der Waals surface area contributed by atoms with Gasteiger partial charge in [0.05, 0.1) is 12.4 Å². The van der Waals surface area contributed by atoms with Gasteiger partial charge in [0, 0.05) is 24.7 Å². The molecule has 1 heterocycles. The highest BCUT2D eigenvalue weighted by molar-refractivity contribution is 5.79. The van der Waals surface area contributed by atoms with Crippen LogP contribution in [-0.2, 0) is 22.4 Å². The van der Waals surface area contributed by atoms with Crippen LogP contribution in [-0.4, -0.2) is 28.2 Å². The molecule has 2 aromatic rings. The molecule has 5 heteroatoms. The quantitative estimate of drug-likeness (QED) is 0.745. The third-order valence-electron chi connectivity index (χ3n) is 2.99. The number of nitrogens with one attached hydrogen (secondary N) is 2. The van der Waals surface area contributed by atoms with Crippen LogP contribution >= 0.6 is 0 Å². The molecule has 5 nitrogen and oxygen atoms in total. The van der Waals surface area contributed by atoms with E-state index in [9.17, 15) is 9.59 Å². The molecule has 2 rings (SSSR count). The Kier molecular flexibility index (Phi) is 5.06. The summed E-state index contributed by atoms with van der Waals surface area (Å²) in [5.74, 6) is -0.120. The Morgan fingerprint density at radius 2 is 2.15 bits per heavy atom. The average molecular weight is 271 g/mol. The predicted octanol–water partition coefficient (Wildman–Crippen LogP) is 1.27. The molecule has 0 fully saturated rings. The summed E-state index contributed by atoms with van der Waals surface area (Å²) in [6, 6.07) is 9.28. The summed E-state index contributed by atoms with van der Waals surface area (Å²) in [7, 11) is 0. The van der Waals surface area contributed by atoms with E-state index < -0.39 is 6.04 Å². The smallest absolute Gasteiger partial charge is 0.220 e. The van der Waals surface area contributed by atoms with Crippen LogP contribution in [0.4, 0.5) is 0 Å². The number of benzene rings is 1. The third-order valence-corrected chi connectivity index (χ3v) is 2.99. The van der Waals surface area contributed by atoms with Crippen LogP contribution in [0.3, 0.4) is 0 Å². The van der Waals surface area contributed by atoms with Crippen LogP contribution in [0.25, 0.3) is 0 Å². The minimum atomic E-state index is -0.515. The summed E-state index contributed by atoms with van der Waals surface area (Å²) in [5.41, 5.74) is 1.93. The number of aromatic amines is 1. The van der Waals surface area contributed by atoms with Gasteiger partial charge >= 0.3 is 0 Å². The molecule has 0 saturated carbocycles. The molecule has 1 amide bonds. The maximum absolute atomic E-state index is 11.8. The monoisotopic (exact) mass is 271 g/mol. The van der Waals surface area contributed by atoms with E-state index in [0.29, 0.717) is 19.3 Å². The first kappa shape index (κ1) is 14.0. The van der Waals surface area contributed by atoms with E-state index in [1.807, 2.05) is 30.3 Å². The van der Waals surface area contributed by atoms with Crippen molar-refractivity contribution in [1.82, 2.24) is 15.3 Å². The van der Waals surface area contributed by atoms with E-state index in [0.717, 1.165) is 17.5 Å². The highest BCUT2D eigenvalue weighted by Gasteiger charge is 2.12. The number of aldehydes is 1. The fourth-order valence-corrected chi connectivity index (χ4v) is 1.95. The second-order valence-corrected chi connectivity index (χ2v) is 4.58. The van der Waals surface area contributed by atoms with Gasteiger partial charge in [-0.2, -0.15) is 0 Å². The van der Waals surface area contributed by atoms with Crippen LogP contribution in [0.1, 0.15) is 17.7 Å². The maximum atomic E-state index is 11.8. The maximum Gasteiger partial charge on any atom is 0.220 e. The van der Waals surface area contributed by atoms with Gasteiger partial charge in [0.2, 0.25) is 5.91 Å². The summed E-state index contributed by atoms with van der Waals surface area (Å²) in [4.78, 5) is 29.6. The van der Waals surface area contributed by atoms with E-state index in [1.165, 1.54) is 0 Å². The topological polar surface area (TPSA) is 74.8 Å². The zero-order chi connectivity index (χ0) is 14.2. The van der Waals surface area contributed by atoms with Gasteiger partial charge in [0.15, 0.2) is 0 Å². The first-order chi connectivity index (χ1) is 9.78. The van der Waals surface area contributed by atoms with E-state index >= 15 is 0 Å². The van der Waals surface area contributed by atoms with Gasteiger partial charge in [-0.15, -0.1) is 0 Å². The molecular formula is C15H17N3O2. The number of aryl methyl sites for hydroxylation is 1. The van der Waals surface area contributed by atoms with Crippen molar-refractivity contribution in [3.63, 3.8) is 0 Å². The lowest BCUT2D eigenvalue weighted by atomic mass is 10.1. The van der Waals surface area contributed by atoms with Crippen molar-refractivity contribution >= 4 is 12.2 Å². The molecule has 0 radical (unpaired) electrons. The molecule has 0 aliphatic heterocycles. The highest BCUT2D eigenvalue weighted by atomic mass is 16.2. The lowest BCUT2D eigenvalue weighted by Crippen LogP contribution is -2.37. The van der Waals surface area contributed by atoms with Crippen LogP contribution in [0.15, 0.2) is 42.9 Å². The normalized spacial score (nSPS) is 11.8. The number of H-pyrrole nitrogens is 1. The molecule has 104 valence electrons. The van der Waals surface area contributed by atoms with Gasteiger partial charge < -0.3 is 15.1 Å². The molecular weight excluding hydrogens is 254 g/mol. The van der Waals surface area contributed by atoms with E-state index in [4.69, 9.17) is 0 Å². The van der Waals surface area contributed by atoms with Crippen molar-refractivity contribution in [3.05, 3.63) is 54.1 Å². The van der Waals surface area contributed by atoms with Crippen LogP contribution in [0.2, 0.25) is 0 Å². The molecule has 0 aliphatic rings. The SMILES string of the molecule is O=CC(Cc1cnc[nH]1)NC(=O)CCc1ccccc1. The van der Waals surface area contributed by atoms with E-state index in [1.54, 1.807) is 12.5 Å². The first-order valence-corrected chi connectivity index (χ1v) is 6.54. The number of amides is 1. The first-order valence-electron chi connectivity index (χ1n) is 6.54. The third kappa shape index (κ3) is 4.35. The molecule has 1 aromatic heterocycles. The van der Waals surface area contributed by atoms with Gasteiger partial charge in [-0.1, -0.05) is 30.3 Å². The number of imidazole rings is 1. The Morgan fingerprint density at radius 3 is 2.80 bits per heavy atom. The van der Waals surface area contributed by atoms with E-state index in [-0.39, 0.29) is 5.91 Å². The number of nitrogens with zero attached hydrogens (tertiary/aromatic N) is 1. The Bertz CT molecular complexity index is 538. The fourth-order valence-electron chi connectivity index (χ4n) is 1.95. The Hall–Kier alpha value is -2.43. The molecule has 20 heavy (non-hydrogen) atoms. The molecule has 1 atom stereocenters. The van der Waals surface area contributed by atoms with Crippen LogP contribution in [0, 0.1) is 0 Å². The highest BCUT2D eigenvalue weighted by Crippen LogP contribution is 2.03. The number of aromatic nitrogens is 2. The van der Waals surface area contributed by atoms with Crippen molar-refractivity contribution in [1.29, 1.82) is 0 Å². The standard InChI is InChI=1S/C15H17N3O2/c19-10-14(8-13-9-16-11-17-13)18-15(20)7-6-12-4-2-1-3-5-12/h1-5,9-11,14H,6-8H2,(H,16,17)(H,18,20). The van der Waals surface area contributed by atoms with Crippen molar-refractivity contribution in [2.45, 2.75) is 25.3 Å². The minimum Gasteiger partial charge on any atom is -0.348 e.